The Morgan fingerprint density at radius 2 is 2.15 bits per heavy atom. The number of alkyl halides is 3. The van der Waals surface area contributed by atoms with E-state index in [2.05, 4.69) is 10.2 Å². The average molecular weight is 283 g/mol. The molecule has 0 aliphatic carbocycles. The van der Waals surface area contributed by atoms with E-state index in [1.807, 2.05) is 7.05 Å². The maximum absolute atomic E-state index is 12.7. The van der Waals surface area contributed by atoms with Gasteiger partial charge in [-0.2, -0.15) is 18.4 Å². The number of hydrogen-bond donors (Lipinski definition) is 1. The number of halogens is 3. The molecule has 6 heteroatoms. The first-order valence-electron chi connectivity index (χ1n) is 6.46. The molecule has 0 radical (unpaired) electrons. The van der Waals surface area contributed by atoms with Crippen molar-refractivity contribution in [2.75, 3.05) is 25.5 Å². The van der Waals surface area contributed by atoms with E-state index < -0.39 is 11.7 Å². The lowest BCUT2D eigenvalue weighted by molar-refractivity contribution is -0.137. The van der Waals surface area contributed by atoms with Gasteiger partial charge in [0.2, 0.25) is 0 Å². The van der Waals surface area contributed by atoms with Gasteiger partial charge in [0.1, 0.15) is 0 Å². The number of nitrogens with zero attached hydrogens (tertiary/aromatic N) is 2. The SMILES string of the molecule is CN1CCCC(Nc2ccc(C(F)(F)F)c(C#N)c2)C1. The Kier molecular flexibility index (Phi) is 4.19. The molecule has 1 unspecified atom stereocenters. The number of hydrogen-bond acceptors (Lipinski definition) is 3. The lowest BCUT2D eigenvalue weighted by Gasteiger charge is -2.31. The molecule has 1 aliphatic heterocycles. The van der Waals surface area contributed by atoms with Gasteiger partial charge in [0.25, 0.3) is 0 Å². The molecule has 1 aromatic rings. The highest BCUT2D eigenvalue weighted by molar-refractivity contribution is 5.54. The second kappa shape index (κ2) is 5.71. The highest BCUT2D eigenvalue weighted by Crippen LogP contribution is 2.33. The summed E-state index contributed by atoms with van der Waals surface area (Å²) in [6, 6.07) is 5.45. The van der Waals surface area contributed by atoms with Crippen molar-refractivity contribution in [2.45, 2.75) is 25.1 Å². The summed E-state index contributed by atoms with van der Waals surface area (Å²) in [6.07, 6.45) is -2.46. The van der Waals surface area contributed by atoms with E-state index in [-0.39, 0.29) is 11.6 Å². The van der Waals surface area contributed by atoms with Crippen molar-refractivity contribution < 1.29 is 13.2 Å². The molecule has 0 amide bonds. The average Bonchev–Trinajstić information content (AvgIpc) is 2.37. The fraction of sp³-hybridized carbons (Fsp3) is 0.500. The van der Waals surface area contributed by atoms with Gasteiger partial charge in [-0.25, -0.2) is 0 Å². The molecule has 20 heavy (non-hydrogen) atoms. The van der Waals surface area contributed by atoms with E-state index in [0.29, 0.717) is 5.69 Å². The zero-order valence-corrected chi connectivity index (χ0v) is 11.2. The number of piperidine rings is 1. The standard InChI is InChI=1S/C14H16F3N3/c1-20-6-2-3-12(9-20)19-11-4-5-13(14(15,16)17)10(7-11)8-18/h4-5,7,12,19H,2-3,6,9H2,1H3. The van der Waals surface area contributed by atoms with Crippen LogP contribution < -0.4 is 5.32 Å². The van der Waals surface area contributed by atoms with Gasteiger partial charge in [-0.3, -0.25) is 0 Å². The molecule has 1 saturated heterocycles. The summed E-state index contributed by atoms with van der Waals surface area (Å²) in [6.45, 7) is 1.89. The Morgan fingerprint density at radius 1 is 1.40 bits per heavy atom. The lowest BCUT2D eigenvalue weighted by Crippen LogP contribution is -2.39. The molecular weight excluding hydrogens is 267 g/mol. The molecule has 2 rings (SSSR count). The molecule has 0 aromatic heterocycles. The van der Waals surface area contributed by atoms with Crippen molar-refractivity contribution in [1.82, 2.24) is 4.90 Å². The van der Waals surface area contributed by atoms with Gasteiger partial charge in [0, 0.05) is 18.3 Å². The van der Waals surface area contributed by atoms with Gasteiger partial charge in [0.15, 0.2) is 0 Å². The lowest BCUT2D eigenvalue weighted by atomic mass is 10.0. The van der Waals surface area contributed by atoms with E-state index in [0.717, 1.165) is 32.0 Å². The summed E-state index contributed by atoms with van der Waals surface area (Å²) >= 11 is 0. The number of likely N-dealkylation sites (tertiary alicyclic amines) is 1. The van der Waals surface area contributed by atoms with Crippen molar-refractivity contribution in [1.29, 1.82) is 5.26 Å². The van der Waals surface area contributed by atoms with E-state index >= 15 is 0 Å². The van der Waals surface area contributed by atoms with E-state index in [1.165, 1.54) is 12.1 Å². The second-order valence-electron chi connectivity index (χ2n) is 5.12. The number of anilines is 1. The summed E-state index contributed by atoms with van der Waals surface area (Å²) < 4.78 is 38.1. The molecule has 108 valence electrons. The summed E-state index contributed by atoms with van der Waals surface area (Å²) in [5, 5.41) is 12.1. The maximum atomic E-state index is 12.7. The van der Waals surface area contributed by atoms with Crippen molar-refractivity contribution in [3.63, 3.8) is 0 Å². The van der Waals surface area contributed by atoms with Gasteiger partial charge < -0.3 is 10.2 Å². The van der Waals surface area contributed by atoms with E-state index in [4.69, 9.17) is 5.26 Å². The topological polar surface area (TPSA) is 39.1 Å². The molecular formula is C14H16F3N3. The van der Waals surface area contributed by atoms with Crippen LogP contribution in [0, 0.1) is 11.3 Å². The van der Waals surface area contributed by atoms with Gasteiger partial charge in [-0.05, 0) is 44.6 Å². The molecule has 0 saturated carbocycles. The number of rotatable bonds is 2. The first kappa shape index (κ1) is 14.7. The minimum Gasteiger partial charge on any atom is -0.381 e. The zero-order chi connectivity index (χ0) is 14.8. The first-order chi connectivity index (χ1) is 9.40. The van der Waals surface area contributed by atoms with Crippen molar-refractivity contribution in [3.05, 3.63) is 29.3 Å². The van der Waals surface area contributed by atoms with E-state index in [9.17, 15) is 13.2 Å². The second-order valence-corrected chi connectivity index (χ2v) is 5.12. The predicted molar refractivity (Wildman–Crippen MR) is 70.3 cm³/mol. The molecule has 1 heterocycles. The summed E-state index contributed by atoms with van der Waals surface area (Å²) in [5.41, 5.74) is -0.659. The minimum atomic E-state index is -4.49. The van der Waals surface area contributed by atoms with Crippen molar-refractivity contribution in [3.8, 4) is 6.07 Å². The van der Waals surface area contributed by atoms with Gasteiger partial charge in [-0.15, -0.1) is 0 Å². The van der Waals surface area contributed by atoms with Crippen molar-refractivity contribution >= 4 is 5.69 Å². The van der Waals surface area contributed by atoms with Crippen LogP contribution in [0.1, 0.15) is 24.0 Å². The van der Waals surface area contributed by atoms with Crippen LogP contribution in [0.4, 0.5) is 18.9 Å². The monoisotopic (exact) mass is 283 g/mol. The van der Waals surface area contributed by atoms with Crippen LogP contribution in [0.3, 0.4) is 0 Å². The summed E-state index contributed by atoms with van der Waals surface area (Å²) in [5.74, 6) is 0. The van der Waals surface area contributed by atoms with Crippen LogP contribution in [0.15, 0.2) is 18.2 Å². The van der Waals surface area contributed by atoms with Crippen molar-refractivity contribution in [2.24, 2.45) is 0 Å². The van der Waals surface area contributed by atoms with Crippen LogP contribution >= 0.6 is 0 Å². The third-order valence-electron chi connectivity index (χ3n) is 3.44. The quantitative estimate of drug-likeness (QED) is 0.906. The molecule has 1 atom stereocenters. The fourth-order valence-electron chi connectivity index (χ4n) is 2.49. The Bertz CT molecular complexity index is 519. The molecule has 0 bridgehead atoms. The molecule has 1 aliphatic rings. The largest absolute Gasteiger partial charge is 0.417 e. The summed E-state index contributed by atoms with van der Waals surface area (Å²) in [7, 11) is 2.02. The Balaban J connectivity index is 2.16. The molecule has 1 N–H and O–H groups in total. The van der Waals surface area contributed by atoms with Gasteiger partial charge in [-0.1, -0.05) is 0 Å². The number of benzene rings is 1. The Labute approximate surface area is 116 Å². The zero-order valence-electron chi connectivity index (χ0n) is 11.2. The first-order valence-corrected chi connectivity index (χ1v) is 6.46. The number of nitrogens with one attached hydrogen (secondary N) is 1. The Hall–Kier alpha value is -1.74. The third-order valence-corrected chi connectivity index (χ3v) is 3.44. The van der Waals surface area contributed by atoms with Crippen LogP contribution in [-0.2, 0) is 6.18 Å². The summed E-state index contributed by atoms with van der Waals surface area (Å²) in [4.78, 5) is 2.18. The van der Waals surface area contributed by atoms with Gasteiger partial charge in [0.05, 0.1) is 17.2 Å². The van der Waals surface area contributed by atoms with Gasteiger partial charge >= 0.3 is 6.18 Å². The number of likely N-dealkylation sites (N-methyl/N-ethyl adjacent to an activating group) is 1. The van der Waals surface area contributed by atoms with Crippen LogP contribution in [0.2, 0.25) is 0 Å². The maximum Gasteiger partial charge on any atom is 0.417 e. The molecule has 1 aromatic carbocycles. The van der Waals surface area contributed by atoms with Crippen LogP contribution in [-0.4, -0.2) is 31.1 Å². The van der Waals surface area contributed by atoms with E-state index in [1.54, 1.807) is 6.07 Å². The van der Waals surface area contributed by atoms with Crippen LogP contribution in [0.25, 0.3) is 0 Å². The molecule has 3 nitrogen and oxygen atoms in total. The highest BCUT2D eigenvalue weighted by atomic mass is 19.4. The van der Waals surface area contributed by atoms with Crippen LogP contribution in [0.5, 0.6) is 0 Å². The predicted octanol–water partition coefficient (Wildman–Crippen LogP) is 3.08. The normalized spacial score (nSPS) is 20.4. The highest BCUT2D eigenvalue weighted by Gasteiger charge is 2.33. The fourth-order valence-corrected chi connectivity index (χ4v) is 2.49. The molecule has 0 spiro atoms. The minimum absolute atomic E-state index is 0.206. The Morgan fingerprint density at radius 3 is 2.75 bits per heavy atom. The third kappa shape index (κ3) is 3.42. The number of nitriles is 1. The smallest absolute Gasteiger partial charge is 0.381 e. The molecule has 1 fully saturated rings.